The summed E-state index contributed by atoms with van der Waals surface area (Å²) in [5, 5.41) is 13.2. The average molecular weight is 387 g/mol. The molecule has 1 aromatic heterocycles. The van der Waals surface area contributed by atoms with E-state index >= 15 is 0 Å². The molecule has 1 N–H and O–H groups in total. The number of carbonyl (C=O) groups excluding carboxylic acids is 2. The summed E-state index contributed by atoms with van der Waals surface area (Å²) in [6.45, 7) is 3.92. The predicted molar refractivity (Wildman–Crippen MR) is 112 cm³/mol. The van der Waals surface area contributed by atoms with Gasteiger partial charge in [-0.3, -0.25) is 9.59 Å². The van der Waals surface area contributed by atoms with Crippen molar-refractivity contribution in [2.24, 2.45) is 0 Å². The van der Waals surface area contributed by atoms with E-state index in [9.17, 15) is 14.9 Å². The molecule has 6 nitrogen and oxygen atoms in total. The Morgan fingerprint density at radius 3 is 2.66 bits per heavy atom. The van der Waals surface area contributed by atoms with Crippen LogP contribution in [-0.2, 0) is 20.9 Å². The molecule has 0 bridgehead atoms. The molecule has 0 fully saturated rings. The molecule has 3 aromatic rings. The molecular formula is C23H21N3O3. The van der Waals surface area contributed by atoms with Crippen molar-refractivity contribution in [1.82, 2.24) is 4.57 Å². The quantitative estimate of drug-likeness (QED) is 0.408. The molecule has 0 radical (unpaired) electrons. The standard InChI is InChI=1S/C23H21N3O3/c1-15-7-6-9-20(16(15)2)25-23(28)17(12-24)11-18-13-26(14-22(27)29-3)21-10-5-4-8-19(18)21/h4-11,13H,14H2,1-3H3,(H,25,28)/b17-11-. The van der Waals surface area contributed by atoms with Gasteiger partial charge in [0.1, 0.15) is 18.2 Å². The monoisotopic (exact) mass is 387 g/mol. The van der Waals surface area contributed by atoms with E-state index in [2.05, 4.69) is 5.32 Å². The van der Waals surface area contributed by atoms with Gasteiger partial charge in [-0.25, -0.2) is 0 Å². The molecule has 2 aromatic carbocycles. The number of para-hydroxylation sites is 1. The van der Waals surface area contributed by atoms with Crippen LogP contribution in [0.15, 0.2) is 54.2 Å². The van der Waals surface area contributed by atoms with Gasteiger partial charge in [-0.15, -0.1) is 0 Å². The molecule has 0 unspecified atom stereocenters. The van der Waals surface area contributed by atoms with Crippen LogP contribution in [-0.4, -0.2) is 23.6 Å². The van der Waals surface area contributed by atoms with Crippen LogP contribution in [0, 0.1) is 25.2 Å². The van der Waals surface area contributed by atoms with E-state index in [0.717, 1.165) is 22.0 Å². The van der Waals surface area contributed by atoms with E-state index in [1.54, 1.807) is 16.8 Å². The van der Waals surface area contributed by atoms with E-state index in [1.807, 2.05) is 56.3 Å². The summed E-state index contributed by atoms with van der Waals surface area (Å²) in [6, 6.07) is 15.1. The Morgan fingerprint density at radius 2 is 1.93 bits per heavy atom. The molecule has 1 heterocycles. The fourth-order valence-electron chi connectivity index (χ4n) is 3.10. The molecule has 0 aliphatic rings. The third-order valence-corrected chi connectivity index (χ3v) is 4.86. The van der Waals surface area contributed by atoms with Crippen molar-refractivity contribution in [2.75, 3.05) is 12.4 Å². The number of esters is 1. The Kier molecular flexibility index (Phi) is 5.79. The molecule has 29 heavy (non-hydrogen) atoms. The first-order valence-corrected chi connectivity index (χ1v) is 9.08. The summed E-state index contributed by atoms with van der Waals surface area (Å²) >= 11 is 0. The van der Waals surface area contributed by atoms with Crippen molar-refractivity contribution < 1.29 is 14.3 Å². The lowest BCUT2D eigenvalue weighted by Gasteiger charge is -2.09. The Hall–Kier alpha value is -3.85. The molecule has 6 heteroatoms. The molecule has 0 saturated carbocycles. The summed E-state index contributed by atoms with van der Waals surface area (Å²) in [5.74, 6) is -0.861. The van der Waals surface area contributed by atoms with Crippen LogP contribution in [0.4, 0.5) is 5.69 Å². The molecule has 3 rings (SSSR count). The number of aromatic nitrogens is 1. The number of fused-ring (bicyclic) bond motifs is 1. The van der Waals surface area contributed by atoms with Crippen molar-refractivity contribution in [1.29, 1.82) is 5.26 Å². The van der Waals surface area contributed by atoms with Gasteiger partial charge in [0.15, 0.2) is 0 Å². The van der Waals surface area contributed by atoms with E-state index in [4.69, 9.17) is 4.74 Å². The van der Waals surface area contributed by atoms with Crippen molar-refractivity contribution in [3.63, 3.8) is 0 Å². The SMILES string of the molecule is COC(=O)Cn1cc(/C=C(/C#N)C(=O)Nc2cccc(C)c2C)c2ccccc21. The molecule has 0 aliphatic heterocycles. The van der Waals surface area contributed by atoms with Crippen LogP contribution in [0.5, 0.6) is 0 Å². The largest absolute Gasteiger partial charge is 0.468 e. The Labute approximate surface area is 169 Å². The first kappa shape index (κ1) is 19.9. The highest BCUT2D eigenvalue weighted by molar-refractivity contribution is 6.11. The van der Waals surface area contributed by atoms with Crippen molar-refractivity contribution in [3.8, 4) is 6.07 Å². The number of nitriles is 1. The number of nitrogens with one attached hydrogen (secondary N) is 1. The fraction of sp³-hybridized carbons (Fsp3) is 0.174. The van der Waals surface area contributed by atoms with E-state index < -0.39 is 5.91 Å². The minimum atomic E-state index is -0.481. The molecule has 0 spiro atoms. The number of hydrogen-bond acceptors (Lipinski definition) is 4. The lowest BCUT2D eigenvalue weighted by Crippen LogP contribution is -2.14. The zero-order chi connectivity index (χ0) is 21.0. The summed E-state index contributed by atoms with van der Waals surface area (Å²) in [5.41, 5.74) is 4.15. The Balaban J connectivity index is 1.98. The second kappa shape index (κ2) is 8.44. The molecule has 0 saturated heterocycles. The number of rotatable bonds is 5. The maximum absolute atomic E-state index is 12.7. The van der Waals surface area contributed by atoms with Crippen LogP contribution in [0.25, 0.3) is 17.0 Å². The summed E-state index contributed by atoms with van der Waals surface area (Å²) in [4.78, 5) is 24.4. The first-order valence-electron chi connectivity index (χ1n) is 9.08. The van der Waals surface area contributed by atoms with E-state index in [0.29, 0.717) is 11.3 Å². The number of amides is 1. The van der Waals surface area contributed by atoms with Gasteiger partial charge in [-0.1, -0.05) is 30.3 Å². The number of anilines is 1. The summed E-state index contributed by atoms with van der Waals surface area (Å²) < 4.78 is 6.49. The predicted octanol–water partition coefficient (Wildman–Crippen LogP) is 3.98. The van der Waals surface area contributed by atoms with Crippen molar-refractivity contribution in [3.05, 3.63) is 70.9 Å². The number of carbonyl (C=O) groups is 2. The third kappa shape index (κ3) is 4.19. The number of ether oxygens (including phenoxy) is 1. The van der Waals surface area contributed by atoms with Gasteiger partial charge < -0.3 is 14.6 Å². The second-order valence-corrected chi connectivity index (χ2v) is 6.68. The lowest BCUT2D eigenvalue weighted by molar-refractivity contribution is -0.141. The minimum absolute atomic E-state index is 0.0214. The summed E-state index contributed by atoms with van der Waals surface area (Å²) in [6.07, 6.45) is 3.28. The zero-order valence-electron chi connectivity index (χ0n) is 16.5. The van der Waals surface area contributed by atoms with Crippen LogP contribution in [0.1, 0.15) is 16.7 Å². The summed E-state index contributed by atoms with van der Waals surface area (Å²) in [7, 11) is 1.33. The molecule has 1 amide bonds. The molecule has 146 valence electrons. The average Bonchev–Trinajstić information content (AvgIpc) is 3.06. The highest BCUT2D eigenvalue weighted by Crippen LogP contribution is 2.24. The van der Waals surface area contributed by atoms with E-state index in [1.165, 1.54) is 13.2 Å². The lowest BCUT2D eigenvalue weighted by atomic mass is 10.1. The molecule has 0 atom stereocenters. The Bertz CT molecular complexity index is 1170. The zero-order valence-corrected chi connectivity index (χ0v) is 16.5. The van der Waals surface area contributed by atoms with Crippen LogP contribution < -0.4 is 5.32 Å². The number of aryl methyl sites for hydroxylation is 1. The minimum Gasteiger partial charge on any atom is -0.468 e. The van der Waals surface area contributed by atoms with Crippen LogP contribution in [0.2, 0.25) is 0 Å². The highest BCUT2D eigenvalue weighted by Gasteiger charge is 2.15. The van der Waals surface area contributed by atoms with E-state index in [-0.39, 0.29) is 18.1 Å². The highest BCUT2D eigenvalue weighted by atomic mass is 16.5. The van der Waals surface area contributed by atoms with Crippen LogP contribution >= 0.6 is 0 Å². The van der Waals surface area contributed by atoms with Gasteiger partial charge in [0.25, 0.3) is 5.91 Å². The second-order valence-electron chi connectivity index (χ2n) is 6.68. The number of hydrogen-bond donors (Lipinski definition) is 1. The number of benzene rings is 2. The normalized spacial score (nSPS) is 11.2. The van der Waals surface area contributed by atoms with Gasteiger partial charge in [-0.05, 0) is 43.2 Å². The maximum atomic E-state index is 12.7. The van der Waals surface area contributed by atoms with Gasteiger partial charge in [-0.2, -0.15) is 5.26 Å². The van der Waals surface area contributed by atoms with Gasteiger partial charge >= 0.3 is 5.97 Å². The van der Waals surface area contributed by atoms with Crippen molar-refractivity contribution >= 4 is 34.5 Å². The maximum Gasteiger partial charge on any atom is 0.325 e. The van der Waals surface area contributed by atoms with Gasteiger partial charge in [0, 0.05) is 28.4 Å². The first-order chi connectivity index (χ1) is 13.9. The van der Waals surface area contributed by atoms with Crippen molar-refractivity contribution in [2.45, 2.75) is 20.4 Å². The Morgan fingerprint density at radius 1 is 1.17 bits per heavy atom. The fourth-order valence-corrected chi connectivity index (χ4v) is 3.10. The topological polar surface area (TPSA) is 84.1 Å². The molecular weight excluding hydrogens is 366 g/mol. The molecule has 0 aliphatic carbocycles. The number of nitrogens with zero attached hydrogens (tertiary/aromatic N) is 2. The third-order valence-electron chi connectivity index (χ3n) is 4.86. The number of methoxy groups -OCH3 is 1. The van der Waals surface area contributed by atoms with Gasteiger partial charge in [0.2, 0.25) is 0 Å². The van der Waals surface area contributed by atoms with Gasteiger partial charge in [0.05, 0.1) is 7.11 Å². The smallest absolute Gasteiger partial charge is 0.325 e. The van der Waals surface area contributed by atoms with Crippen LogP contribution in [0.3, 0.4) is 0 Å².